The van der Waals surface area contributed by atoms with Crippen LogP contribution in [0.3, 0.4) is 0 Å². The molecule has 1 aromatic rings. The molecule has 1 atom stereocenters. The number of piperidine rings is 1. The minimum absolute atomic E-state index is 0. The predicted molar refractivity (Wildman–Crippen MR) is 97.7 cm³/mol. The Labute approximate surface area is 144 Å². The molecule has 0 aliphatic carbocycles. The number of carbonyl (C=O) groups excluding carboxylic acids is 1. The van der Waals surface area contributed by atoms with Crippen molar-refractivity contribution in [3.63, 3.8) is 0 Å². The van der Waals surface area contributed by atoms with Crippen molar-refractivity contribution in [1.82, 2.24) is 4.90 Å². The zero-order valence-electron chi connectivity index (χ0n) is 13.2. The zero-order valence-corrected chi connectivity index (χ0v) is 14.9. The van der Waals surface area contributed by atoms with Crippen molar-refractivity contribution in [3.8, 4) is 0 Å². The molecular weight excluding hydrogens is 316 g/mol. The molecule has 2 rings (SSSR count). The SMILES string of the molecule is CSCC[C@H](N)C(=O)N1CCC(Cc2ccccc2)CC1.Cl. The van der Waals surface area contributed by atoms with Gasteiger partial charge in [-0.3, -0.25) is 4.79 Å². The summed E-state index contributed by atoms with van der Waals surface area (Å²) in [5, 5.41) is 0. The summed E-state index contributed by atoms with van der Waals surface area (Å²) < 4.78 is 0. The second-order valence-electron chi connectivity index (χ2n) is 5.85. The van der Waals surface area contributed by atoms with Crippen LogP contribution in [0.1, 0.15) is 24.8 Å². The lowest BCUT2D eigenvalue weighted by Gasteiger charge is -2.33. The van der Waals surface area contributed by atoms with Crippen LogP contribution in [-0.4, -0.2) is 41.9 Å². The van der Waals surface area contributed by atoms with E-state index in [4.69, 9.17) is 5.73 Å². The van der Waals surface area contributed by atoms with Gasteiger partial charge in [0.25, 0.3) is 0 Å². The van der Waals surface area contributed by atoms with Crippen LogP contribution >= 0.6 is 24.2 Å². The van der Waals surface area contributed by atoms with Crippen molar-refractivity contribution in [2.45, 2.75) is 31.7 Å². The fourth-order valence-electron chi connectivity index (χ4n) is 2.91. The number of carbonyl (C=O) groups is 1. The Balaban J connectivity index is 0.00000242. The third-order valence-electron chi connectivity index (χ3n) is 4.24. The van der Waals surface area contributed by atoms with Gasteiger partial charge in [0.05, 0.1) is 6.04 Å². The fraction of sp³-hybridized carbons (Fsp3) is 0.588. The molecule has 22 heavy (non-hydrogen) atoms. The Morgan fingerprint density at radius 3 is 2.55 bits per heavy atom. The topological polar surface area (TPSA) is 46.3 Å². The summed E-state index contributed by atoms with van der Waals surface area (Å²) >= 11 is 1.74. The van der Waals surface area contributed by atoms with Crippen LogP contribution in [-0.2, 0) is 11.2 Å². The van der Waals surface area contributed by atoms with Crippen molar-refractivity contribution in [2.75, 3.05) is 25.1 Å². The molecule has 124 valence electrons. The molecule has 5 heteroatoms. The van der Waals surface area contributed by atoms with E-state index in [9.17, 15) is 4.79 Å². The number of likely N-dealkylation sites (tertiary alicyclic amines) is 1. The molecule has 0 spiro atoms. The van der Waals surface area contributed by atoms with Crippen molar-refractivity contribution in [3.05, 3.63) is 35.9 Å². The van der Waals surface area contributed by atoms with Crippen LogP contribution in [0.25, 0.3) is 0 Å². The molecule has 2 N–H and O–H groups in total. The number of rotatable bonds is 6. The highest BCUT2D eigenvalue weighted by molar-refractivity contribution is 7.98. The van der Waals surface area contributed by atoms with Crippen molar-refractivity contribution in [2.24, 2.45) is 11.7 Å². The highest BCUT2D eigenvalue weighted by Gasteiger charge is 2.26. The number of nitrogens with two attached hydrogens (primary N) is 1. The first-order valence-electron chi connectivity index (χ1n) is 7.78. The van der Waals surface area contributed by atoms with Crippen LogP contribution in [0.5, 0.6) is 0 Å². The Hall–Kier alpha value is -0.710. The summed E-state index contributed by atoms with van der Waals surface area (Å²) in [6.07, 6.45) is 6.14. The lowest BCUT2D eigenvalue weighted by molar-refractivity contribution is -0.134. The maximum atomic E-state index is 12.3. The van der Waals surface area contributed by atoms with Gasteiger partial charge in [-0.15, -0.1) is 12.4 Å². The molecule has 1 aliphatic rings. The van der Waals surface area contributed by atoms with Crippen molar-refractivity contribution >= 4 is 30.1 Å². The maximum Gasteiger partial charge on any atom is 0.239 e. The first kappa shape index (κ1) is 19.3. The van der Waals surface area contributed by atoms with E-state index in [1.807, 2.05) is 11.2 Å². The van der Waals surface area contributed by atoms with E-state index in [1.165, 1.54) is 5.56 Å². The zero-order chi connectivity index (χ0) is 15.1. The molecule has 1 aliphatic heterocycles. The molecule has 3 nitrogen and oxygen atoms in total. The lowest BCUT2D eigenvalue weighted by Crippen LogP contribution is -2.47. The van der Waals surface area contributed by atoms with Gasteiger partial charge in [-0.1, -0.05) is 30.3 Å². The highest BCUT2D eigenvalue weighted by Crippen LogP contribution is 2.22. The molecule has 0 saturated carbocycles. The van der Waals surface area contributed by atoms with Gasteiger partial charge in [0.1, 0.15) is 0 Å². The van der Waals surface area contributed by atoms with E-state index in [1.54, 1.807) is 11.8 Å². The van der Waals surface area contributed by atoms with Crippen LogP contribution in [0.15, 0.2) is 30.3 Å². The first-order chi connectivity index (χ1) is 10.2. The third kappa shape index (κ3) is 5.82. The predicted octanol–water partition coefficient (Wildman–Crippen LogP) is 2.97. The van der Waals surface area contributed by atoms with E-state index in [2.05, 4.69) is 30.3 Å². The summed E-state index contributed by atoms with van der Waals surface area (Å²) in [7, 11) is 0. The normalized spacial score (nSPS) is 16.9. The van der Waals surface area contributed by atoms with E-state index >= 15 is 0 Å². The van der Waals surface area contributed by atoms with Crippen LogP contribution < -0.4 is 5.73 Å². The Morgan fingerprint density at radius 2 is 1.95 bits per heavy atom. The molecule has 0 unspecified atom stereocenters. The maximum absolute atomic E-state index is 12.3. The van der Waals surface area contributed by atoms with Gasteiger partial charge in [0.15, 0.2) is 0 Å². The molecule has 1 fully saturated rings. The van der Waals surface area contributed by atoms with Gasteiger partial charge < -0.3 is 10.6 Å². The lowest BCUT2D eigenvalue weighted by atomic mass is 9.90. The number of thioether (sulfide) groups is 1. The first-order valence-corrected chi connectivity index (χ1v) is 9.17. The molecule has 0 aromatic heterocycles. The molecule has 1 amide bonds. The minimum atomic E-state index is -0.317. The number of amides is 1. The number of benzene rings is 1. The molecule has 0 bridgehead atoms. The molecular formula is C17H27ClN2OS. The Kier molecular flexibility index (Phi) is 8.91. The van der Waals surface area contributed by atoms with Crippen molar-refractivity contribution < 1.29 is 4.79 Å². The molecule has 1 saturated heterocycles. The van der Waals surface area contributed by atoms with Crippen LogP contribution in [0.2, 0.25) is 0 Å². The smallest absolute Gasteiger partial charge is 0.239 e. The summed E-state index contributed by atoms with van der Waals surface area (Å²) in [6.45, 7) is 1.73. The number of halogens is 1. The summed E-state index contributed by atoms with van der Waals surface area (Å²) in [6, 6.07) is 10.3. The van der Waals surface area contributed by atoms with Gasteiger partial charge in [0.2, 0.25) is 5.91 Å². The Bertz CT molecular complexity index is 436. The standard InChI is InChI=1S/C17H26N2OS.ClH/c1-21-12-9-16(18)17(20)19-10-7-15(8-11-19)13-14-5-3-2-4-6-14;/h2-6,15-16H,7-13,18H2,1H3;1H/t16-;/m0./s1. The van der Waals surface area contributed by atoms with Gasteiger partial charge in [0, 0.05) is 13.1 Å². The third-order valence-corrected chi connectivity index (χ3v) is 4.89. The second kappa shape index (κ2) is 10.1. The van der Waals surface area contributed by atoms with Gasteiger partial charge in [-0.25, -0.2) is 0 Å². The molecule has 1 heterocycles. The van der Waals surface area contributed by atoms with E-state index in [-0.39, 0.29) is 24.4 Å². The summed E-state index contributed by atoms with van der Waals surface area (Å²) in [5.74, 6) is 1.79. The summed E-state index contributed by atoms with van der Waals surface area (Å²) in [4.78, 5) is 14.2. The van der Waals surface area contributed by atoms with E-state index < -0.39 is 0 Å². The quantitative estimate of drug-likeness (QED) is 0.864. The van der Waals surface area contributed by atoms with Gasteiger partial charge in [-0.05, 0) is 49.2 Å². The van der Waals surface area contributed by atoms with E-state index in [0.717, 1.165) is 44.5 Å². The minimum Gasteiger partial charge on any atom is -0.341 e. The summed E-state index contributed by atoms with van der Waals surface area (Å²) in [5.41, 5.74) is 7.39. The Morgan fingerprint density at radius 1 is 1.32 bits per heavy atom. The number of hydrogen-bond donors (Lipinski definition) is 1. The van der Waals surface area contributed by atoms with Crippen molar-refractivity contribution in [1.29, 1.82) is 0 Å². The van der Waals surface area contributed by atoms with Crippen LogP contribution in [0.4, 0.5) is 0 Å². The number of nitrogens with zero attached hydrogens (tertiary/aromatic N) is 1. The largest absolute Gasteiger partial charge is 0.341 e. The van der Waals surface area contributed by atoms with Gasteiger partial charge >= 0.3 is 0 Å². The highest BCUT2D eigenvalue weighted by atomic mass is 35.5. The van der Waals surface area contributed by atoms with E-state index in [0.29, 0.717) is 5.92 Å². The average molecular weight is 343 g/mol. The van der Waals surface area contributed by atoms with Crippen LogP contribution in [0, 0.1) is 5.92 Å². The second-order valence-corrected chi connectivity index (χ2v) is 6.83. The number of hydrogen-bond acceptors (Lipinski definition) is 3. The average Bonchev–Trinajstić information content (AvgIpc) is 2.53. The molecule has 0 radical (unpaired) electrons. The monoisotopic (exact) mass is 342 g/mol. The fourth-order valence-corrected chi connectivity index (χ4v) is 3.40. The molecule has 1 aromatic carbocycles. The van der Waals surface area contributed by atoms with Gasteiger partial charge in [-0.2, -0.15) is 11.8 Å².